The summed E-state index contributed by atoms with van der Waals surface area (Å²) in [6.07, 6.45) is 4.77. The molecule has 0 aliphatic rings. The van der Waals surface area contributed by atoms with Gasteiger partial charge in [0.25, 0.3) is 0 Å². The molecule has 1 atom stereocenters. The molecule has 4 nitrogen and oxygen atoms in total. The number of hydrogen-bond acceptors (Lipinski definition) is 3. The second kappa shape index (κ2) is 7.43. The smallest absolute Gasteiger partial charge is 0.0640 e. The van der Waals surface area contributed by atoms with Gasteiger partial charge in [-0.15, -0.1) is 0 Å². The average molecular weight is 294 g/mol. The van der Waals surface area contributed by atoms with Gasteiger partial charge in [-0.1, -0.05) is 30.7 Å². The zero-order valence-electron chi connectivity index (χ0n) is 11.6. The summed E-state index contributed by atoms with van der Waals surface area (Å²) in [6, 6.07) is 8.22. The maximum atomic E-state index is 8.87. The first-order valence-electron chi connectivity index (χ1n) is 6.84. The van der Waals surface area contributed by atoms with Crippen LogP contribution in [0.1, 0.15) is 30.5 Å². The molecule has 1 aromatic heterocycles. The fourth-order valence-corrected chi connectivity index (χ4v) is 2.38. The Morgan fingerprint density at radius 3 is 3.00 bits per heavy atom. The Hall–Kier alpha value is -1.36. The summed E-state index contributed by atoms with van der Waals surface area (Å²) >= 11 is 6.04. The second-order valence-electron chi connectivity index (χ2n) is 4.73. The molecule has 0 fully saturated rings. The highest BCUT2D eigenvalue weighted by molar-refractivity contribution is 6.30. The van der Waals surface area contributed by atoms with Crippen LogP contribution in [0.15, 0.2) is 36.7 Å². The van der Waals surface area contributed by atoms with Gasteiger partial charge in [0.05, 0.1) is 19.3 Å². The van der Waals surface area contributed by atoms with E-state index in [0.717, 1.165) is 23.6 Å². The van der Waals surface area contributed by atoms with Crippen molar-refractivity contribution in [3.63, 3.8) is 0 Å². The fourth-order valence-electron chi connectivity index (χ4n) is 2.18. The van der Waals surface area contributed by atoms with Crippen molar-refractivity contribution < 1.29 is 5.11 Å². The van der Waals surface area contributed by atoms with Crippen molar-refractivity contribution in [2.75, 3.05) is 6.61 Å². The van der Waals surface area contributed by atoms with Gasteiger partial charge in [0.1, 0.15) is 0 Å². The van der Waals surface area contributed by atoms with Gasteiger partial charge in [-0.2, -0.15) is 5.10 Å². The summed E-state index contributed by atoms with van der Waals surface area (Å²) in [6.45, 7) is 3.53. The Bertz CT molecular complexity index is 541. The van der Waals surface area contributed by atoms with Gasteiger partial charge < -0.3 is 10.4 Å². The number of nitrogens with zero attached hydrogens (tertiary/aromatic N) is 2. The van der Waals surface area contributed by atoms with Crippen molar-refractivity contribution >= 4 is 11.6 Å². The summed E-state index contributed by atoms with van der Waals surface area (Å²) in [5.41, 5.74) is 2.31. The van der Waals surface area contributed by atoms with Gasteiger partial charge in [-0.25, -0.2) is 0 Å². The van der Waals surface area contributed by atoms with Crippen LogP contribution in [0.4, 0.5) is 0 Å². The predicted octanol–water partition coefficient (Wildman–Crippen LogP) is 2.77. The molecule has 0 aliphatic carbocycles. The van der Waals surface area contributed by atoms with E-state index in [1.54, 1.807) is 4.68 Å². The number of halogens is 1. The van der Waals surface area contributed by atoms with E-state index < -0.39 is 0 Å². The minimum Gasteiger partial charge on any atom is -0.394 e. The Morgan fingerprint density at radius 2 is 2.30 bits per heavy atom. The predicted molar refractivity (Wildman–Crippen MR) is 80.6 cm³/mol. The molecule has 2 rings (SSSR count). The van der Waals surface area contributed by atoms with Crippen LogP contribution in [0.2, 0.25) is 5.02 Å². The lowest BCUT2D eigenvalue weighted by molar-refractivity contribution is 0.269. The standard InChI is InChI=1S/C15H20ClN3O/c1-2-15(13-4-3-5-14(16)8-13)17-9-12-10-18-19(11-12)6-7-20/h3-5,8,10-11,15,17,20H,2,6-7,9H2,1H3. The van der Waals surface area contributed by atoms with E-state index >= 15 is 0 Å². The summed E-state index contributed by atoms with van der Waals surface area (Å²) < 4.78 is 1.75. The number of nitrogens with one attached hydrogen (secondary N) is 1. The van der Waals surface area contributed by atoms with Crippen LogP contribution < -0.4 is 5.32 Å². The SMILES string of the molecule is CCC(NCc1cnn(CCO)c1)c1cccc(Cl)c1. The summed E-state index contributed by atoms with van der Waals surface area (Å²) in [7, 11) is 0. The average Bonchev–Trinajstić information content (AvgIpc) is 2.88. The highest BCUT2D eigenvalue weighted by Crippen LogP contribution is 2.20. The molecule has 5 heteroatoms. The van der Waals surface area contributed by atoms with Gasteiger partial charge >= 0.3 is 0 Å². The van der Waals surface area contributed by atoms with Gasteiger partial charge in [0, 0.05) is 29.4 Å². The fraction of sp³-hybridized carbons (Fsp3) is 0.400. The maximum Gasteiger partial charge on any atom is 0.0640 e. The Balaban J connectivity index is 1.96. The molecule has 1 aromatic carbocycles. The molecule has 0 amide bonds. The molecule has 1 unspecified atom stereocenters. The first kappa shape index (κ1) is 15.0. The highest BCUT2D eigenvalue weighted by Gasteiger charge is 2.09. The Labute approximate surface area is 124 Å². The van der Waals surface area contributed by atoms with Crippen molar-refractivity contribution in [1.29, 1.82) is 0 Å². The van der Waals surface area contributed by atoms with Crippen molar-refractivity contribution in [2.45, 2.75) is 32.5 Å². The van der Waals surface area contributed by atoms with E-state index in [-0.39, 0.29) is 12.6 Å². The molecule has 0 radical (unpaired) electrons. The van der Waals surface area contributed by atoms with Crippen LogP contribution in [0.25, 0.3) is 0 Å². The van der Waals surface area contributed by atoms with Crippen LogP contribution in [-0.4, -0.2) is 21.5 Å². The number of aliphatic hydroxyl groups excluding tert-OH is 1. The number of aliphatic hydroxyl groups is 1. The van der Waals surface area contributed by atoms with Crippen LogP contribution in [0, 0.1) is 0 Å². The molecule has 2 aromatic rings. The number of aromatic nitrogens is 2. The lowest BCUT2D eigenvalue weighted by Gasteiger charge is -2.17. The van der Waals surface area contributed by atoms with Crippen LogP contribution in [0.3, 0.4) is 0 Å². The lowest BCUT2D eigenvalue weighted by Crippen LogP contribution is -2.20. The normalized spacial score (nSPS) is 12.6. The molecule has 1 heterocycles. The lowest BCUT2D eigenvalue weighted by atomic mass is 10.0. The summed E-state index contributed by atoms with van der Waals surface area (Å²) in [5, 5.41) is 17.3. The van der Waals surface area contributed by atoms with E-state index in [1.807, 2.05) is 30.6 Å². The number of benzene rings is 1. The van der Waals surface area contributed by atoms with Crippen molar-refractivity contribution in [2.24, 2.45) is 0 Å². The highest BCUT2D eigenvalue weighted by atomic mass is 35.5. The number of rotatable bonds is 7. The molecular formula is C15H20ClN3O. The molecule has 0 bridgehead atoms. The second-order valence-corrected chi connectivity index (χ2v) is 5.17. The zero-order chi connectivity index (χ0) is 14.4. The van der Waals surface area contributed by atoms with Crippen molar-refractivity contribution in [1.82, 2.24) is 15.1 Å². The van der Waals surface area contributed by atoms with E-state index in [1.165, 1.54) is 5.56 Å². The molecule has 0 aliphatic heterocycles. The van der Waals surface area contributed by atoms with E-state index in [4.69, 9.17) is 16.7 Å². The third-order valence-electron chi connectivity index (χ3n) is 3.23. The minimum atomic E-state index is 0.106. The molecule has 0 saturated heterocycles. The minimum absolute atomic E-state index is 0.106. The Morgan fingerprint density at radius 1 is 1.45 bits per heavy atom. The molecule has 20 heavy (non-hydrogen) atoms. The van der Waals surface area contributed by atoms with E-state index in [9.17, 15) is 0 Å². The molecule has 2 N–H and O–H groups in total. The molecular weight excluding hydrogens is 274 g/mol. The Kier molecular flexibility index (Phi) is 5.59. The quantitative estimate of drug-likeness (QED) is 0.825. The van der Waals surface area contributed by atoms with Gasteiger partial charge in [-0.3, -0.25) is 4.68 Å². The molecule has 0 spiro atoms. The van der Waals surface area contributed by atoms with Crippen LogP contribution in [-0.2, 0) is 13.1 Å². The zero-order valence-corrected chi connectivity index (χ0v) is 12.3. The van der Waals surface area contributed by atoms with Gasteiger partial charge in [0.2, 0.25) is 0 Å². The largest absolute Gasteiger partial charge is 0.394 e. The monoisotopic (exact) mass is 293 g/mol. The van der Waals surface area contributed by atoms with Crippen LogP contribution >= 0.6 is 11.6 Å². The first-order valence-corrected chi connectivity index (χ1v) is 7.21. The summed E-state index contributed by atoms with van der Waals surface area (Å²) in [5.74, 6) is 0. The van der Waals surface area contributed by atoms with Crippen LogP contribution in [0.5, 0.6) is 0 Å². The summed E-state index contributed by atoms with van der Waals surface area (Å²) in [4.78, 5) is 0. The molecule has 108 valence electrons. The van der Waals surface area contributed by atoms with E-state index in [0.29, 0.717) is 6.54 Å². The van der Waals surface area contributed by atoms with Gasteiger partial charge in [-0.05, 0) is 24.1 Å². The number of hydrogen-bond donors (Lipinski definition) is 2. The first-order chi connectivity index (χ1) is 9.72. The van der Waals surface area contributed by atoms with Gasteiger partial charge in [0.15, 0.2) is 0 Å². The van der Waals surface area contributed by atoms with Crippen molar-refractivity contribution in [3.05, 3.63) is 52.8 Å². The third-order valence-corrected chi connectivity index (χ3v) is 3.46. The van der Waals surface area contributed by atoms with E-state index in [2.05, 4.69) is 23.4 Å². The van der Waals surface area contributed by atoms with Crippen molar-refractivity contribution in [3.8, 4) is 0 Å². The topological polar surface area (TPSA) is 50.1 Å². The maximum absolute atomic E-state index is 8.87. The molecule has 0 saturated carbocycles. The third kappa shape index (κ3) is 4.07.